The van der Waals surface area contributed by atoms with Gasteiger partial charge in [-0.05, 0) is 36.8 Å². The van der Waals surface area contributed by atoms with Gasteiger partial charge in [0.25, 0.3) is 0 Å². The summed E-state index contributed by atoms with van der Waals surface area (Å²) < 4.78 is 42.9. The Hall–Kier alpha value is -2.08. The molecule has 2 aromatic rings. The SMILES string of the molecule is Cc1cc(C(F)(F)F)ccc1C(=O)c1ccc(CN)o1. The molecule has 6 heteroatoms. The molecule has 0 saturated carbocycles. The largest absolute Gasteiger partial charge is 0.456 e. The lowest BCUT2D eigenvalue weighted by Gasteiger charge is -2.09. The molecule has 1 heterocycles. The van der Waals surface area contributed by atoms with E-state index >= 15 is 0 Å². The molecule has 0 amide bonds. The van der Waals surface area contributed by atoms with Crippen LogP contribution in [0.4, 0.5) is 13.2 Å². The molecule has 2 rings (SSSR count). The summed E-state index contributed by atoms with van der Waals surface area (Å²) in [5.41, 5.74) is 5.01. The van der Waals surface area contributed by atoms with Crippen LogP contribution in [0.1, 0.15) is 33.0 Å². The standard InChI is InChI=1S/C14H12F3NO2/c1-8-6-9(14(15,16)17)2-4-11(8)13(19)12-5-3-10(7-18)20-12/h2-6H,7,18H2,1H3. The predicted molar refractivity (Wildman–Crippen MR) is 66.2 cm³/mol. The van der Waals surface area contributed by atoms with Gasteiger partial charge in [-0.15, -0.1) is 0 Å². The van der Waals surface area contributed by atoms with Gasteiger partial charge in [-0.2, -0.15) is 13.2 Å². The minimum atomic E-state index is -4.43. The number of benzene rings is 1. The number of nitrogens with two attached hydrogens (primary N) is 1. The number of aryl methyl sites for hydroxylation is 1. The van der Waals surface area contributed by atoms with Crippen molar-refractivity contribution in [1.82, 2.24) is 0 Å². The number of furan rings is 1. The summed E-state index contributed by atoms with van der Waals surface area (Å²) >= 11 is 0. The third-order valence-electron chi connectivity index (χ3n) is 2.88. The van der Waals surface area contributed by atoms with Crippen molar-refractivity contribution in [2.45, 2.75) is 19.6 Å². The molecule has 0 aliphatic heterocycles. The van der Waals surface area contributed by atoms with Crippen LogP contribution in [-0.2, 0) is 12.7 Å². The number of halogens is 3. The van der Waals surface area contributed by atoms with Gasteiger partial charge in [-0.1, -0.05) is 6.07 Å². The second kappa shape index (κ2) is 5.13. The zero-order valence-electron chi connectivity index (χ0n) is 10.6. The average molecular weight is 283 g/mol. The summed E-state index contributed by atoms with van der Waals surface area (Å²) in [5.74, 6) is 0.0437. The van der Waals surface area contributed by atoms with Gasteiger partial charge in [0.05, 0.1) is 12.1 Å². The van der Waals surface area contributed by atoms with Gasteiger partial charge in [-0.25, -0.2) is 0 Å². The first kappa shape index (κ1) is 14.3. The first-order valence-electron chi connectivity index (χ1n) is 5.84. The Labute approximate surface area is 113 Å². The van der Waals surface area contributed by atoms with Crippen LogP contribution in [0.15, 0.2) is 34.7 Å². The maximum atomic E-state index is 12.6. The van der Waals surface area contributed by atoms with E-state index in [4.69, 9.17) is 10.2 Å². The van der Waals surface area contributed by atoms with Crippen LogP contribution in [0.25, 0.3) is 0 Å². The maximum Gasteiger partial charge on any atom is 0.416 e. The Balaban J connectivity index is 2.36. The molecule has 1 aromatic heterocycles. The lowest BCUT2D eigenvalue weighted by molar-refractivity contribution is -0.137. The van der Waals surface area contributed by atoms with E-state index in [2.05, 4.69) is 0 Å². The zero-order valence-corrected chi connectivity index (χ0v) is 10.6. The highest BCUT2D eigenvalue weighted by Crippen LogP contribution is 2.31. The fourth-order valence-electron chi connectivity index (χ4n) is 1.84. The number of ketones is 1. The number of alkyl halides is 3. The highest BCUT2D eigenvalue weighted by molar-refractivity contribution is 6.08. The van der Waals surface area contributed by atoms with Gasteiger partial charge in [-0.3, -0.25) is 4.79 Å². The number of rotatable bonds is 3. The summed E-state index contributed by atoms with van der Waals surface area (Å²) in [6.45, 7) is 1.61. The summed E-state index contributed by atoms with van der Waals surface area (Å²) in [6.07, 6.45) is -4.43. The molecular formula is C14H12F3NO2. The van der Waals surface area contributed by atoms with Crippen molar-refractivity contribution >= 4 is 5.78 Å². The Bertz CT molecular complexity index is 644. The van der Waals surface area contributed by atoms with Crippen LogP contribution in [0.3, 0.4) is 0 Å². The van der Waals surface area contributed by atoms with Crippen molar-refractivity contribution in [2.75, 3.05) is 0 Å². The van der Waals surface area contributed by atoms with E-state index in [-0.39, 0.29) is 23.4 Å². The molecule has 20 heavy (non-hydrogen) atoms. The number of hydrogen-bond donors (Lipinski definition) is 1. The highest BCUT2D eigenvalue weighted by atomic mass is 19.4. The van der Waals surface area contributed by atoms with E-state index in [0.29, 0.717) is 5.76 Å². The molecule has 0 bridgehead atoms. The quantitative estimate of drug-likeness (QED) is 0.879. The molecule has 0 aliphatic carbocycles. The van der Waals surface area contributed by atoms with E-state index in [1.807, 2.05) is 0 Å². The highest BCUT2D eigenvalue weighted by Gasteiger charge is 2.31. The predicted octanol–water partition coefficient (Wildman–Crippen LogP) is 3.30. The van der Waals surface area contributed by atoms with Crippen molar-refractivity contribution in [2.24, 2.45) is 5.73 Å². The normalized spacial score (nSPS) is 11.7. The van der Waals surface area contributed by atoms with Gasteiger partial charge in [0.1, 0.15) is 5.76 Å². The van der Waals surface area contributed by atoms with E-state index in [0.717, 1.165) is 18.2 Å². The van der Waals surface area contributed by atoms with E-state index in [1.54, 1.807) is 6.07 Å². The maximum absolute atomic E-state index is 12.6. The molecule has 0 unspecified atom stereocenters. The second-order valence-corrected chi connectivity index (χ2v) is 4.33. The third kappa shape index (κ3) is 2.75. The minimum absolute atomic E-state index is 0.0632. The minimum Gasteiger partial charge on any atom is -0.456 e. The van der Waals surface area contributed by atoms with Crippen molar-refractivity contribution in [3.63, 3.8) is 0 Å². The number of carbonyl (C=O) groups is 1. The number of hydrogen-bond acceptors (Lipinski definition) is 3. The Kier molecular flexibility index (Phi) is 3.67. The molecule has 0 radical (unpaired) electrons. The Morgan fingerprint density at radius 3 is 2.45 bits per heavy atom. The Morgan fingerprint density at radius 1 is 1.25 bits per heavy atom. The summed E-state index contributed by atoms with van der Waals surface area (Å²) in [5, 5.41) is 0. The number of carbonyl (C=O) groups excluding carboxylic acids is 1. The van der Waals surface area contributed by atoms with Crippen LogP contribution in [0.5, 0.6) is 0 Å². The zero-order chi connectivity index (χ0) is 14.9. The third-order valence-corrected chi connectivity index (χ3v) is 2.88. The van der Waals surface area contributed by atoms with Gasteiger partial charge in [0.15, 0.2) is 5.76 Å². The second-order valence-electron chi connectivity index (χ2n) is 4.33. The molecule has 0 aliphatic rings. The molecule has 1 aromatic carbocycles. The molecule has 0 spiro atoms. The molecule has 0 saturated heterocycles. The molecule has 106 valence electrons. The topological polar surface area (TPSA) is 56.2 Å². The van der Waals surface area contributed by atoms with Crippen LogP contribution < -0.4 is 5.73 Å². The molecule has 2 N–H and O–H groups in total. The van der Waals surface area contributed by atoms with E-state index < -0.39 is 17.5 Å². The fourth-order valence-corrected chi connectivity index (χ4v) is 1.84. The van der Waals surface area contributed by atoms with Crippen molar-refractivity contribution in [3.05, 3.63) is 58.5 Å². The summed E-state index contributed by atoms with van der Waals surface area (Å²) in [4.78, 5) is 12.1. The van der Waals surface area contributed by atoms with Crippen molar-refractivity contribution in [3.8, 4) is 0 Å². The van der Waals surface area contributed by atoms with Crippen molar-refractivity contribution < 1.29 is 22.4 Å². The fraction of sp³-hybridized carbons (Fsp3) is 0.214. The lowest BCUT2D eigenvalue weighted by Crippen LogP contribution is -2.08. The first-order chi connectivity index (χ1) is 9.32. The summed E-state index contributed by atoms with van der Waals surface area (Å²) in [7, 11) is 0. The molecule has 0 atom stereocenters. The van der Waals surface area contributed by atoms with Crippen LogP contribution >= 0.6 is 0 Å². The van der Waals surface area contributed by atoms with Gasteiger partial charge < -0.3 is 10.2 Å². The van der Waals surface area contributed by atoms with Gasteiger partial charge in [0.2, 0.25) is 5.78 Å². The average Bonchev–Trinajstić information content (AvgIpc) is 2.85. The van der Waals surface area contributed by atoms with E-state index in [9.17, 15) is 18.0 Å². The molecular weight excluding hydrogens is 271 g/mol. The first-order valence-corrected chi connectivity index (χ1v) is 5.84. The monoisotopic (exact) mass is 283 g/mol. The van der Waals surface area contributed by atoms with Gasteiger partial charge >= 0.3 is 6.18 Å². The van der Waals surface area contributed by atoms with Crippen LogP contribution in [-0.4, -0.2) is 5.78 Å². The Morgan fingerprint density at radius 2 is 1.95 bits per heavy atom. The van der Waals surface area contributed by atoms with E-state index in [1.165, 1.54) is 13.0 Å². The lowest BCUT2D eigenvalue weighted by atomic mass is 10.0. The van der Waals surface area contributed by atoms with Crippen LogP contribution in [0.2, 0.25) is 0 Å². The van der Waals surface area contributed by atoms with Crippen LogP contribution in [0, 0.1) is 6.92 Å². The molecule has 3 nitrogen and oxygen atoms in total. The molecule has 0 fully saturated rings. The summed E-state index contributed by atoms with van der Waals surface area (Å²) in [6, 6.07) is 6.01. The van der Waals surface area contributed by atoms with Crippen molar-refractivity contribution in [1.29, 1.82) is 0 Å². The van der Waals surface area contributed by atoms with Gasteiger partial charge in [0, 0.05) is 5.56 Å². The smallest absolute Gasteiger partial charge is 0.416 e.